The molecule has 0 aromatic heterocycles. The standard InChI is InChI=1S/C14H19F2NO/c1-4-11-7-12(5-6-13(11)8-17-3)10(2)18-9-14(15)16/h4-7,10,14,17H,1,8-9H2,2-3H3. The largest absolute Gasteiger partial charge is 0.368 e. The van der Waals surface area contributed by atoms with E-state index in [1.807, 2.05) is 25.2 Å². The fourth-order valence-corrected chi connectivity index (χ4v) is 1.72. The topological polar surface area (TPSA) is 21.3 Å². The van der Waals surface area contributed by atoms with E-state index in [1.165, 1.54) is 0 Å². The van der Waals surface area contributed by atoms with Crippen LogP contribution < -0.4 is 5.32 Å². The van der Waals surface area contributed by atoms with Crippen LogP contribution in [0.25, 0.3) is 6.08 Å². The Bertz CT molecular complexity index is 393. The third-order valence-corrected chi connectivity index (χ3v) is 2.70. The Kier molecular flexibility index (Phi) is 5.95. The van der Waals surface area contributed by atoms with E-state index in [2.05, 4.69) is 11.9 Å². The second-order valence-corrected chi connectivity index (χ2v) is 4.06. The van der Waals surface area contributed by atoms with E-state index in [-0.39, 0.29) is 6.10 Å². The first-order valence-electron chi connectivity index (χ1n) is 5.88. The first kappa shape index (κ1) is 14.8. The van der Waals surface area contributed by atoms with Crippen LogP contribution in [0.3, 0.4) is 0 Å². The van der Waals surface area contributed by atoms with Crippen molar-refractivity contribution in [3.63, 3.8) is 0 Å². The smallest absolute Gasteiger partial charge is 0.261 e. The van der Waals surface area contributed by atoms with Crippen LogP contribution in [0.2, 0.25) is 0 Å². The fourth-order valence-electron chi connectivity index (χ4n) is 1.72. The predicted octanol–water partition coefficient (Wildman–Crippen LogP) is 3.39. The van der Waals surface area contributed by atoms with Crippen LogP contribution in [0.1, 0.15) is 29.7 Å². The van der Waals surface area contributed by atoms with E-state index in [4.69, 9.17) is 4.74 Å². The molecule has 4 heteroatoms. The van der Waals surface area contributed by atoms with Crippen molar-refractivity contribution in [1.82, 2.24) is 5.32 Å². The molecule has 1 unspecified atom stereocenters. The first-order valence-corrected chi connectivity index (χ1v) is 5.88. The van der Waals surface area contributed by atoms with Gasteiger partial charge in [0.15, 0.2) is 0 Å². The Balaban J connectivity index is 2.80. The quantitative estimate of drug-likeness (QED) is 0.806. The summed E-state index contributed by atoms with van der Waals surface area (Å²) in [7, 11) is 1.87. The molecular weight excluding hydrogens is 236 g/mol. The number of halogens is 2. The Morgan fingerprint density at radius 1 is 1.44 bits per heavy atom. The monoisotopic (exact) mass is 255 g/mol. The summed E-state index contributed by atoms with van der Waals surface area (Å²) in [6.07, 6.45) is -1.02. The molecule has 0 fully saturated rings. The molecule has 0 saturated heterocycles. The van der Waals surface area contributed by atoms with E-state index < -0.39 is 13.0 Å². The minimum atomic E-state index is -2.44. The molecule has 0 heterocycles. The normalized spacial score (nSPS) is 12.7. The molecule has 1 rings (SSSR count). The number of benzene rings is 1. The Morgan fingerprint density at radius 2 is 2.17 bits per heavy atom. The zero-order valence-electron chi connectivity index (χ0n) is 10.7. The molecular formula is C14H19F2NO. The van der Waals surface area contributed by atoms with Gasteiger partial charge < -0.3 is 10.1 Å². The molecule has 1 atom stereocenters. The summed E-state index contributed by atoms with van der Waals surface area (Å²) < 4.78 is 29.2. The summed E-state index contributed by atoms with van der Waals surface area (Å²) >= 11 is 0. The Hall–Kier alpha value is -1.26. The summed E-state index contributed by atoms with van der Waals surface area (Å²) in [5, 5.41) is 3.07. The number of alkyl halides is 2. The van der Waals surface area contributed by atoms with Crippen LogP contribution >= 0.6 is 0 Å². The highest BCUT2D eigenvalue weighted by atomic mass is 19.3. The van der Waals surface area contributed by atoms with Crippen LogP contribution in [0.15, 0.2) is 24.8 Å². The summed E-state index contributed by atoms with van der Waals surface area (Å²) in [5.74, 6) is 0. The average molecular weight is 255 g/mol. The molecule has 0 aliphatic carbocycles. The van der Waals surface area contributed by atoms with Crippen LogP contribution in [0, 0.1) is 0 Å². The third-order valence-electron chi connectivity index (χ3n) is 2.70. The molecule has 1 N–H and O–H groups in total. The van der Waals surface area contributed by atoms with Crippen LogP contribution in [-0.2, 0) is 11.3 Å². The highest BCUT2D eigenvalue weighted by Crippen LogP contribution is 2.22. The van der Waals surface area contributed by atoms with Gasteiger partial charge >= 0.3 is 0 Å². The molecule has 0 aliphatic heterocycles. The lowest BCUT2D eigenvalue weighted by Crippen LogP contribution is -2.10. The average Bonchev–Trinajstić information content (AvgIpc) is 2.36. The van der Waals surface area contributed by atoms with E-state index in [9.17, 15) is 8.78 Å². The van der Waals surface area contributed by atoms with Gasteiger partial charge in [0.1, 0.15) is 6.61 Å². The fraction of sp³-hybridized carbons (Fsp3) is 0.429. The molecule has 18 heavy (non-hydrogen) atoms. The maximum absolute atomic E-state index is 12.1. The van der Waals surface area contributed by atoms with Crippen molar-refractivity contribution >= 4 is 6.08 Å². The van der Waals surface area contributed by atoms with Gasteiger partial charge in [-0.1, -0.05) is 24.8 Å². The van der Waals surface area contributed by atoms with Crippen LogP contribution in [0.5, 0.6) is 0 Å². The van der Waals surface area contributed by atoms with Crippen molar-refractivity contribution in [1.29, 1.82) is 0 Å². The van der Waals surface area contributed by atoms with Crippen molar-refractivity contribution in [2.24, 2.45) is 0 Å². The van der Waals surface area contributed by atoms with E-state index in [0.717, 1.165) is 23.2 Å². The maximum atomic E-state index is 12.1. The molecule has 0 spiro atoms. The lowest BCUT2D eigenvalue weighted by atomic mass is 10.0. The van der Waals surface area contributed by atoms with Crippen molar-refractivity contribution < 1.29 is 13.5 Å². The van der Waals surface area contributed by atoms with Gasteiger partial charge in [-0.3, -0.25) is 0 Å². The van der Waals surface area contributed by atoms with Gasteiger partial charge in [0, 0.05) is 6.54 Å². The SMILES string of the molecule is C=Cc1cc(C(C)OCC(F)F)ccc1CNC. The number of ether oxygens (including phenoxy) is 1. The van der Waals surface area contributed by atoms with E-state index in [1.54, 1.807) is 13.0 Å². The van der Waals surface area contributed by atoms with E-state index >= 15 is 0 Å². The van der Waals surface area contributed by atoms with Gasteiger partial charge in [0.2, 0.25) is 0 Å². The molecule has 2 nitrogen and oxygen atoms in total. The van der Waals surface area contributed by atoms with Gasteiger partial charge in [-0.25, -0.2) is 8.78 Å². The number of hydrogen-bond donors (Lipinski definition) is 1. The summed E-state index contributed by atoms with van der Waals surface area (Å²) in [6.45, 7) is 5.73. The Morgan fingerprint density at radius 3 is 2.72 bits per heavy atom. The predicted molar refractivity (Wildman–Crippen MR) is 69.7 cm³/mol. The van der Waals surface area contributed by atoms with Crippen molar-refractivity contribution in [2.75, 3.05) is 13.7 Å². The minimum Gasteiger partial charge on any atom is -0.368 e. The molecule has 0 saturated carbocycles. The minimum absolute atomic E-state index is 0.346. The first-order chi connectivity index (χ1) is 8.58. The van der Waals surface area contributed by atoms with Crippen LogP contribution in [0.4, 0.5) is 8.78 Å². The summed E-state index contributed by atoms with van der Waals surface area (Å²) in [5.41, 5.74) is 3.00. The zero-order valence-corrected chi connectivity index (χ0v) is 10.7. The lowest BCUT2D eigenvalue weighted by Gasteiger charge is -2.15. The number of hydrogen-bond acceptors (Lipinski definition) is 2. The molecule has 0 bridgehead atoms. The third kappa shape index (κ3) is 4.20. The van der Waals surface area contributed by atoms with Gasteiger partial charge in [-0.15, -0.1) is 0 Å². The van der Waals surface area contributed by atoms with Gasteiger partial charge in [-0.2, -0.15) is 0 Å². The van der Waals surface area contributed by atoms with Crippen molar-refractivity contribution in [3.8, 4) is 0 Å². The molecule has 1 aromatic carbocycles. The van der Waals surface area contributed by atoms with Crippen molar-refractivity contribution in [2.45, 2.75) is 26.0 Å². The van der Waals surface area contributed by atoms with Crippen molar-refractivity contribution in [3.05, 3.63) is 41.5 Å². The van der Waals surface area contributed by atoms with Gasteiger partial charge in [0.25, 0.3) is 6.43 Å². The number of nitrogens with one attached hydrogen (secondary N) is 1. The van der Waals surface area contributed by atoms with E-state index in [0.29, 0.717) is 0 Å². The number of rotatable bonds is 7. The molecule has 0 amide bonds. The van der Waals surface area contributed by atoms with Crippen LogP contribution in [-0.4, -0.2) is 20.1 Å². The molecule has 1 aromatic rings. The van der Waals surface area contributed by atoms with Gasteiger partial charge in [-0.05, 0) is 36.7 Å². The lowest BCUT2D eigenvalue weighted by molar-refractivity contribution is -0.0181. The highest BCUT2D eigenvalue weighted by Gasteiger charge is 2.11. The maximum Gasteiger partial charge on any atom is 0.261 e. The highest BCUT2D eigenvalue weighted by molar-refractivity contribution is 5.53. The zero-order chi connectivity index (χ0) is 13.5. The second-order valence-electron chi connectivity index (χ2n) is 4.06. The molecule has 0 aliphatic rings. The second kappa shape index (κ2) is 7.24. The molecule has 0 radical (unpaired) electrons. The molecule has 100 valence electrons. The Labute approximate surface area is 107 Å². The van der Waals surface area contributed by atoms with Gasteiger partial charge in [0.05, 0.1) is 6.10 Å². The summed E-state index contributed by atoms with van der Waals surface area (Å²) in [4.78, 5) is 0. The summed E-state index contributed by atoms with van der Waals surface area (Å²) in [6, 6.07) is 5.79.